The second-order valence-electron chi connectivity index (χ2n) is 10.2. The van der Waals surface area contributed by atoms with E-state index in [0.29, 0.717) is 16.8 Å². The third-order valence-corrected chi connectivity index (χ3v) is 6.46. The summed E-state index contributed by atoms with van der Waals surface area (Å²) in [5, 5.41) is 26.7. The number of amides is 2. The Kier molecular flexibility index (Phi) is 10.1. The normalized spacial score (nSPS) is 11.6. The fourth-order valence-electron chi connectivity index (χ4n) is 4.12. The number of phenols is 1. The van der Waals surface area contributed by atoms with E-state index in [1.54, 1.807) is 12.1 Å². The second kappa shape index (κ2) is 13.5. The molecule has 224 valence electrons. The molecule has 42 heavy (non-hydrogen) atoms. The summed E-state index contributed by atoms with van der Waals surface area (Å²) in [4.78, 5) is 43.8. The topological polar surface area (TPSA) is 210 Å². The minimum absolute atomic E-state index is 0.0518. The molecule has 3 rings (SSSR count). The molecular formula is C29H38N8O5. The number of nitrogen functional groups attached to an aromatic ring is 2. The average Bonchev–Trinajstić information content (AvgIpc) is 2.93. The third kappa shape index (κ3) is 7.56. The molecule has 0 fully saturated rings. The Bertz CT molecular complexity index is 1550. The molecule has 2 aromatic carbocycles. The SMILES string of the molecule is CC[C@@H](C)NC(=O)c1cc(N)cc(-c2cnc(NC(C)C)c(=O)n2CC(=O)NCc2c(O)cc(C(=N)N)cc2OC)c1. The lowest BCUT2D eigenvalue weighted by Crippen LogP contribution is -2.35. The van der Waals surface area contributed by atoms with Crippen LogP contribution in [-0.2, 0) is 17.9 Å². The van der Waals surface area contributed by atoms with Gasteiger partial charge in [0, 0.05) is 34.5 Å². The number of methoxy groups -OCH3 is 1. The number of aromatic nitrogens is 2. The summed E-state index contributed by atoms with van der Waals surface area (Å²) < 4.78 is 6.55. The van der Waals surface area contributed by atoms with Crippen LogP contribution in [0.4, 0.5) is 11.5 Å². The summed E-state index contributed by atoms with van der Waals surface area (Å²) in [5.74, 6) is -1.05. The van der Waals surface area contributed by atoms with Gasteiger partial charge in [-0.15, -0.1) is 0 Å². The van der Waals surface area contributed by atoms with Gasteiger partial charge in [-0.3, -0.25) is 24.4 Å². The van der Waals surface area contributed by atoms with Gasteiger partial charge in [-0.25, -0.2) is 4.98 Å². The highest BCUT2D eigenvalue weighted by Gasteiger charge is 2.19. The van der Waals surface area contributed by atoms with Crippen molar-refractivity contribution in [3.63, 3.8) is 0 Å². The van der Waals surface area contributed by atoms with Crippen LogP contribution in [0.1, 0.15) is 55.6 Å². The molecule has 1 atom stereocenters. The number of ether oxygens (including phenoxy) is 1. The number of rotatable bonds is 12. The van der Waals surface area contributed by atoms with Gasteiger partial charge in [-0.2, -0.15) is 0 Å². The zero-order valence-corrected chi connectivity index (χ0v) is 24.4. The second-order valence-corrected chi connectivity index (χ2v) is 10.2. The van der Waals surface area contributed by atoms with E-state index < -0.39 is 18.0 Å². The van der Waals surface area contributed by atoms with E-state index in [9.17, 15) is 19.5 Å². The minimum atomic E-state index is -0.546. The molecule has 0 radical (unpaired) electrons. The number of anilines is 2. The molecule has 13 nitrogen and oxygen atoms in total. The van der Waals surface area contributed by atoms with Gasteiger partial charge in [0.15, 0.2) is 5.82 Å². The molecule has 0 saturated carbocycles. The number of hydrogen-bond donors (Lipinski definition) is 7. The summed E-state index contributed by atoms with van der Waals surface area (Å²) in [6.45, 7) is 7.01. The molecule has 0 unspecified atom stereocenters. The maximum Gasteiger partial charge on any atom is 0.294 e. The van der Waals surface area contributed by atoms with Gasteiger partial charge in [-0.05, 0) is 57.5 Å². The summed E-state index contributed by atoms with van der Waals surface area (Å²) in [7, 11) is 1.39. The van der Waals surface area contributed by atoms with Crippen molar-refractivity contribution in [2.75, 3.05) is 18.2 Å². The van der Waals surface area contributed by atoms with Crippen LogP contribution in [0.3, 0.4) is 0 Å². The fourth-order valence-corrected chi connectivity index (χ4v) is 4.12. The number of benzene rings is 2. The molecule has 0 aliphatic heterocycles. The standard InChI is InChI=1S/C29H38N8O5/c1-6-16(4)36-28(40)19-7-17(8-20(30)9-19)22-13-34-27(35-15(2)3)29(41)37(22)14-25(39)33-12-21-23(38)10-18(26(31)32)11-24(21)42-5/h7-11,13,15-16,38H,6,12,14,30H2,1-5H3,(H3,31,32)(H,33,39)(H,34,35)(H,36,40)/t16-/m1/s1. The molecule has 0 bridgehead atoms. The molecule has 13 heteroatoms. The highest BCUT2D eigenvalue weighted by Crippen LogP contribution is 2.29. The zero-order valence-electron chi connectivity index (χ0n) is 24.4. The first-order valence-corrected chi connectivity index (χ1v) is 13.4. The molecule has 0 aliphatic carbocycles. The molecule has 9 N–H and O–H groups in total. The largest absolute Gasteiger partial charge is 0.507 e. The predicted octanol–water partition coefficient (Wildman–Crippen LogP) is 2.16. The van der Waals surface area contributed by atoms with E-state index >= 15 is 0 Å². The fraction of sp³-hybridized carbons (Fsp3) is 0.345. The Labute approximate surface area is 243 Å². The number of aromatic hydroxyl groups is 1. The molecule has 3 aromatic rings. The Morgan fingerprint density at radius 1 is 1.14 bits per heavy atom. The van der Waals surface area contributed by atoms with Gasteiger partial charge in [0.25, 0.3) is 11.5 Å². The summed E-state index contributed by atoms with van der Waals surface area (Å²) >= 11 is 0. The van der Waals surface area contributed by atoms with E-state index in [1.165, 1.54) is 36.1 Å². The van der Waals surface area contributed by atoms with E-state index in [4.69, 9.17) is 21.6 Å². The number of hydrogen-bond acceptors (Lipinski definition) is 9. The lowest BCUT2D eigenvalue weighted by molar-refractivity contribution is -0.121. The Morgan fingerprint density at radius 3 is 2.48 bits per heavy atom. The quantitative estimate of drug-likeness (QED) is 0.0952. The van der Waals surface area contributed by atoms with Crippen molar-refractivity contribution in [1.29, 1.82) is 5.41 Å². The van der Waals surface area contributed by atoms with E-state index in [2.05, 4.69) is 20.9 Å². The molecule has 0 aliphatic rings. The van der Waals surface area contributed by atoms with Gasteiger partial charge in [0.1, 0.15) is 23.9 Å². The molecule has 0 spiro atoms. The van der Waals surface area contributed by atoms with Crippen LogP contribution < -0.4 is 37.7 Å². The first-order valence-electron chi connectivity index (χ1n) is 13.4. The van der Waals surface area contributed by atoms with Gasteiger partial charge >= 0.3 is 0 Å². The van der Waals surface area contributed by atoms with Gasteiger partial charge in [0.2, 0.25) is 5.91 Å². The lowest BCUT2D eigenvalue weighted by atomic mass is 10.1. The van der Waals surface area contributed by atoms with Crippen molar-refractivity contribution in [1.82, 2.24) is 20.2 Å². The molecule has 0 saturated heterocycles. The summed E-state index contributed by atoms with van der Waals surface area (Å²) in [6.07, 6.45) is 2.19. The van der Waals surface area contributed by atoms with Crippen molar-refractivity contribution in [3.8, 4) is 22.8 Å². The van der Waals surface area contributed by atoms with Crippen LogP contribution in [0, 0.1) is 5.41 Å². The van der Waals surface area contributed by atoms with E-state index in [0.717, 1.165) is 6.42 Å². The maximum atomic E-state index is 13.5. The first kappa shape index (κ1) is 31.5. The highest BCUT2D eigenvalue weighted by atomic mass is 16.5. The van der Waals surface area contributed by atoms with Gasteiger partial charge < -0.3 is 37.3 Å². The summed E-state index contributed by atoms with van der Waals surface area (Å²) in [6, 6.07) is 7.35. The van der Waals surface area contributed by atoms with Crippen molar-refractivity contribution < 1.29 is 19.4 Å². The van der Waals surface area contributed by atoms with Crippen LogP contribution in [0.2, 0.25) is 0 Å². The third-order valence-electron chi connectivity index (χ3n) is 6.46. The van der Waals surface area contributed by atoms with Crippen molar-refractivity contribution in [3.05, 3.63) is 63.6 Å². The van der Waals surface area contributed by atoms with Crippen LogP contribution >= 0.6 is 0 Å². The Morgan fingerprint density at radius 2 is 1.86 bits per heavy atom. The number of carbonyl (C=O) groups excluding carboxylic acids is 2. The predicted molar refractivity (Wildman–Crippen MR) is 162 cm³/mol. The molecular weight excluding hydrogens is 540 g/mol. The van der Waals surface area contributed by atoms with Crippen LogP contribution in [0.15, 0.2) is 41.3 Å². The van der Waals surface area contributed by atoms with Crippen LogP contribution in [-0.4, -0.2) is 51.5 Å². The first-order chi connectivity index (χ1) is 19.8. The monoisotopic (exact) mass is 578 g/mol. The number of nitrogens with zero attached hydrogens (tertiary/aromatic N) is 2. The lowest BCUT2D eigenvalue weighted by Gasteiger charge is -2.18. The molecule has 1 aromatic heterocycles. The number of carbonyl (C=O) groups is 2. The van der Waals surface area contributed by atoms with E-state index in [-0.39, 0.29) is 64.5 Å². The maximum absolute atomic E-state index is 13.5. The number of phenolic OH excluding ortho intramolecular Hbond substituents is 1. The van der Waals surface area contributed by atoms with Gasteiger partial charge in [0.05, 0.1) is 31.1 Å². The smallest absolute Gasteiger partial charge is 0.294 e. The van der Waals surface area contributed by atoms with Gasteiger partial charge in [-0.1, -0.05) is 6.92 Å². The average molecular weight is 579 g/mol. The zero-order chi connectivity index (χ0) is 31.1. The van der Waals surface area contributed by atoms with Crippen LogP contribution in [0.25, 0.3) is 11.3 Å². The minimum Gasteiger partial charge on any atom is -0.507 e. The highest BCUT2D eigenvalue weighted by molar-refractivity contribution is 5.97. The Balaban J connectivity index is 1.98. The Hall–Kier alpha value is -5.07. The van der Waals surface area contributed by atoms with Crippen molar-refractivity contribution >= 4 is 29.2 Å². The van der Waals surface area contributed by atoms with E-state index in [1.807, 2.05) is 27.7 Å². The number of nitrogens with two attached hydrogens (primary N) is 2. The molecule has 2 amide bonds. The van der Waals surface area contributed by atoms with Crippen molar-refractivity contribution in [2.45, 2.75) is 59.3 Å². The summed E-state index contributed by atoms with van der Waals surface area (Å²) in [5.41, 5.74) is 12.9. The number of amidine groups is 1. The van der Waals surface area contributed by atoms with Crippen molar-refractivity contribution in [2.24, 2.45) is 5.73 Å². The number of nitrogens with one attached hydrogen (secondary N) is 4. The molecule has 1 heterocycles. The van der Waals surface area contributed by atoms with Crippen LogP contribution in [0.5, 0.6) is 11.5 Å².